The molecule has 96 valence electrons. The van der Waals surface area contributed by atoms with E-state index in [0.29, 0.717) is 24.1 Å². The minimum Gasteiger partial charge on any atom is -0.428 e. The number of hydrogen-bond acceptors (Lipinski definition) is 5. The minimum atomic E-state index is -3.46. The van der Waals surface area contributed by atoms with Crippen molar-refractivity contribution in [1.82, 2.24) is 10.3 Å². The Kier molecular flexibility index (Phi) is 2.83. The summed E-state index contributed by atoms with van der Waals surface area (Å²) < 4.78 is 30.1. The molecule has 1 aliphatic heterocycles. The molecular formula is C12H14N2O3S. The van der Waals surface area contributed by atoms with E-state index in [4.69, 9.17) is 4.42 Å². The average Bonchev–Trinajstić information content (AvgIpc) is 2.84. The van der Waals surface area contributed by atoms with Crippen molar-refractivity contribution >= 4 is 20.9 Å². The van der Waals surface area contributed by atoms with Crippen LogP contribution in [0.25, 0.3) is 11.1 Å². The molecule has 0 amide bonds. The molecule has 1 aliphatic rings. The molecule has 18 heavy (non-hydrogen) atoms. The lowest BCUT2D eigenvalue weighted by Crippen LogP contribution is -2.38. The molecule has 3 rings (SSSR count). The van der Waals surface area contributed by atoms with E-state index in [2.05, 4.69) is 10.3 Å². The fourth-order valence-corrected chi connectivity index (χ4v) is 3.73. The standard InChI is InChI=1S/C12H14N2O3S/c15-18(16,9-4-3-7-13-8-9)12-14-10-5-1-2-6-11(10)17-12/h1-2,5-6,9,13H,3-4,7-8H2/t9-/m0/s1. The highest BCUT2D eigenvalue weighted by Gasteiger charge is 2.33. The molecule has 0 unspecified atom stereocenters. The summed E-state index contributed by atoms with van der Waals surface area (Å²) in [6.45, 7) is 1.35. The number of hydrogen-bond donors (Lipinski definition) is 1. The predicted octanol–water partition coefficient (Wildman–Crippen LogP) is 1.35. The maximum Gasteiger partial charge on any atom is 0.316 e. The molecule has 0 saturated carbocycles. The maximum atomic E-state index is 12.4. The Bertz CT molecular complexity index is 624. The second kappa shape index (κ2) is 4.37. The Morgan fingerprint density at radius 3 is 2.89 bits per heavy atom. The van der Waals surface area contributed by atoms with E-state index < -0.39 is 15.1 Å². The van der Waals surface area contributed by atoms with Crippen molar-refractivity contribution < 1.29 is 12.8 Å². The van der Waals surface area contributed by atoms with E-state index in [1.165, 1.54) is 0 Å². The summed E-state index contributed by atoms with van der Waals surface area (Å²) in [6.07, 6.45) is 1.53. The van der Waals surface area contributed by atoms with Crippen LogP contribution in [-0.2, 0) is 9.84 Å². The van der Waals surface area contributed by atoms with Gasteiger partial charge in [0.05, 0.1) is 5.25 Å². The van der Waals surface area contributed by atoms with Crippen LogP contribution in [0, 0.1) is 0 Å². The van der Waals surface area contributed by atoms with Crippen molar-refractivity contribution in [2.45, 2.75) is 23.3 Å². The van der Waals surface area contributed by atoms with Crippen LogP contribution in [0.2, 0.25) is 0 Å². The molecule has 1 N–H and O–H groups in total. The zero-order valence-corrected chi connectivity index (χ0v) is 10.6. The number of sulfone groups is 1. The average molecular weight is 266 g/mol. The second-order valence-electron chi connectivity index (χ2n) is 4.46. The Balaban J connectivity index is 2.01. The predicted molar refractivity (Wildman–Crippen MR) is 67.1 cm³/mol. The third-order valence-corrected chi connectivity index (χ3v) is 5.15. The molecule has 0 bridgehead atoms. The molecular weight excluding hydrogens is 252 g/mol. The molecule has 1 atom stereocenters. The SMILES string of the molecule is O=S(=O)(c1nc2ccccc2o1)[C@H]1CCCNC1. The van der Waals surface area contributed by atoms with Crippen molar-refractivity contribution in [3.05, 3.63) is 24.3 Å². The van der Waals surface area contributed by atoms with E-state index >= 15 is 0 Å². The molecule has 0 radical (unpaired) electrons. The molecule has 0 spiro atoms. The first kappa shape index (κ1) is 11.7. The van der Waals surface area contributed by atoms with Crippen LogP contribution in [0.15, 0.2) is 33.9 Å². The molecule has 1 aromatic heterocycles. The molecule has 1 aromatic carbocycles. The van der Waals surface area contributed by atoms with Crippen molar-refractivity contribution in [2.24, 2.45) is 0 Å². The van der Waals surface area contributed by atoms with E-state index in [1.54, 1.807) is 18.2 Å². The quantitative estimate of drug-likeness (QED) is 0.888. The lowest BCUT2D eigenvalue weighted by atomic mass is 10.2. The van der Waals surface area contributed by atoms with Crippen LogP contribution in [0.1, 0.15) is 12.8 Å². The van der Waals surface area contributed by atoms with Gasteiger partial charge in [-0.25, -0.2) is 8.42 Å². The van der Waals surface area contributed by atoms with E-state index in [-0.39, 0.29) is 5.22 Å². The number of aromatic nitrogens is 1. The Labute approximate surface area is 105 Å². The first-order valence-electron chi connectivity index (χ1n) is 5.98. The number of para-hydroxylation sites is 2. The van der Waals surface area contributed by atoms with Gasteiger partial charge in [-0.05, 0) is 31.5 Å². The van der Waals surface area contributed by atoms with Crippen LogP contribution in [0.3, 0.4) is 0 Å². The minimum absolute atomic E-state index is 0.155. The van der Waals surface area contributed by atoms with Crippen molar-refractivity contribution in [1.29, 1.82) is 0 Å². The van der Waals surface area contributed by atoms with E-state index in [1.807, 2.05) is 6.07 Å². The summed E-state index contributed by atoms with van der Waals surface area (Å²) in [7, 11) is -3.46. The van der Waals surface area contributed by atoms with Gasteiger partial charge in [-0.1, -0.05) is 12.1 Å². The summed E-state index contributed by atoms with van der Waals surface area (Å²) >= 11 is 0. The van der Waals surface area contributed by atoms with Crippen molar-refractivity contribution in [3.63, 3.8) is 0 Å². The van der Waals surface area contributed by atoms with Gasteiger partial charge in [-0.15, -0.1) is 0 Å². The third kappa shape index (κ3) is 1.91. The van der Waals surface area contributed by atoms with Gasteiger partial charge in [0.2, 0.25) is 9.84 Å². The van der Waals surface area contributed by atoms with Crippen molar-refractivity contribution in [3.8, 4) is 0 Å². The zero-order valence-electron chi connectivity index (χ0n) is 9.80. The number of benzene rings is 1. The first-order valence-corrected chi connectivity index (χ1v) is 7.53. The highest BCUT2D eigenvalue weighted by atomic mass is 32.2. The van der Waals surface area contributed by atoms with Crippen LogP contribution < -0.4 is 5.32 Å². The molecule has 1 saturated heterocycles. The normalized spacial score (nSPS) is 21.2. The number of rotatable bonds is 2. The summed E-state index contributed by atoms with van der Waals surface area (Å²) in [5, 5.41) is 2.51. The molecule has 2 aromatic rings. The van der Waals surface area contributed by atoms with Gasteiger partial charge in [0, 0.05) is 6.54 Å². The van der Waals surface area contributed by atoms with E-state index in [9.17, 15) is 8.42 Å². The number of oxazole rings is 1. The molecule has 5 nitrogen and oxygen atoms in total. The topological polar surface area (TPSA) is 72.2 Å². The van der Waals surface area contributed by atoms with Gasteiger partial charge in [-0.3, -0.25) is 0 Å². The maximum absolute atomic E-state index is 12.4. The number of fused-ring (bicyclic) bond motifs is 1. The Hall–Kier alpha value is -1.40. The summed E-state index contributed by atoms with van der Waals surface area (Å²) in [4.78, 5) is 4.08. The Morgan fingerprint density at radius 1 is 1.33 bits per heavy atom. The van der Waals surface area contributed by atoms with Gasteiger partial charge in [-0.2, -0.15) is 4.98 Å². The fourth-order valence-electron chi connectivity index (χ4n) is 2.20. The van der Waals surface area contributed by atoms with Gasteiger partial charge in [0.25, 0.3) is 0 Å². The summed E-state index contributed by atoms with van der Waals surface area (Å²) in [5.41, 5.74) is 1.10. The van der Waals surface area contributed by atoms with E-state index in [0.717, 1.165) is 13.0 Å². The second-order valence-corrected chi connectivity index (χ2v) is 6.57. The molecule has 0 aliphatic carbocycles. The lowest BCUT2D eigenvalue weighted by Gasteiger charge is -2.20. The van der Waals surface area contributed by atoms with Gasteiger partial charge in [0.1, 0.15) is 5.52 Å². The van der Waals surface area contributed by atoms with Crippen LogP contribution in [-0.4, -0.2) is 31.7 Å². The molecule has 2 heterocycles. The highest BCUT2D eigenvalue weighted by Crippen LogP contribution is 2.24. The number of piperidine rings is 1. The lowest BCUT2D eigenvalue weighted by molar-refractivity contribution is 0.438. The third-order valence-electron chi connectivity index (χ3n) is 3.21. The summed E-state index contributed by atoms with van der Waals surface area (Å²) in [6, 6.07) is 7.08. The largest absolute Gasteiger partial charge is 0.428 e. The van der Waals surface area contributed by atoms with Gasteiger partial charge in [0.15, 0.2) is 5.58 Å². The highest BCUT2D eigenvalue weighted by molar-refractivity contribution is 7.91. The monoisotopic (exact) mass is 266 g/mol. The summed E-state index contributed by atoms with van der Waals surface area (Å²) in [5.74, 6) is 0. The zero-order chi connectivity index (χ0) is 12.6. The van der Waals surface area contributed by atoms with Crippen LogP contribution in [0.5, 0.6) is 0 Å². The molecule has 1 fully saturated rings. The van der Waals surface area contributed by atoms with Crippen LogP contribution >= 0.6 is 0 Å². The smallest absolute Gasteiger partial charge is 0.316 e. The van der Waals surface area contributed by atoms with Crippen LogP contribution in [0.4, 0.5) is 0 Å². The first-order chi connectivity index (χ1) is 8.68. The number of nitrogens with one attached hydrogen (secondary N) is 1. The molecule has 6 heteroatoms. The fraction of sp³-hybridized carbons (Fsp3) is 0.417. The Morgan fingerprint density at radius 2 is 2.17 bits per heavy atom. The van der Waals surface area contributed by atoms with Gasteiger partial charge >= 0.3 is 5.22 Å². The van der Waals surface area contributed by atoms with Gasteiger partial charge < -0.3 is 9.73 Å². The van der Waals surface area contributed by atoms with Crippen molar-refractivity contribution in [2.75, 3.05) is 13.1 Å². The number of nitrogens with zero attached hydrogens (tertiary/aromatic N) is 1.